The van der Waals surface area contributed by atoms with E-state index in [1.807, 2.05) is 36.4 Å². The number of fused-ring (bicyclic) bond motifs is 3. The third-order valence-electron chi connectivity index (χ3n) is 9.15. The van der Waals surface area contributed by atoms with Gasteiger partial charge in [0.2, 0.25) is 5.41 Å². The van der Waals surface area contributed by atoms with E-state index in [1.54, 1.807) is 62.4 Å². The predicted octanol–water partition coefficient (Wildman–Crippen LogP) is 7.33. The first kappa shape index (κ1) is 40.4. The first-order chi connectivity index (χ1) is 28.6. The fourth-order valence-corrected chi connectivity index (χ4v) is 11.0. The maximum atomic E-state index is 14.8. The Morgan fingerprint density at radius 3 is 1.36 bits per heavy atom. The number of aliphatic imine (C=N–C) groups is 2. The van der Waals surface area contributed by atoms with Crippen LogP contribution in [-0.2, 0) is 47.3 Å². The van der Waals surface area contributed by atoms with Gasteiger partial charge in [-0.1, -0.05) is 60.7 Å². The van der Waals surface area contributed by atoms with E-state index in [0.717, 1.165) is 46.2 Å². The van der Waals surface area contributed by atoms with E-state index in [1.165, 1.54) is 21.9 Å². The lowest BCUT2D eigenvalue weighted by Gasteiger charge is -2.26. The zero-order valence-electron chi connectivity index (χ0n) is 30.9. The van der Waals surface area contributed by atoms with Gasteiger partial charge in [-0.15, -0.1) is 22.7 Å². The van der Waals surface area contributed by atoms with E-state index in [2.05, 4.69) is 9.98 Å². The summed E-state index contributed by atoms with van der Waals surface area (Å²) in [6.45, 7) is 3.37. The van der Waals surface area contributed by atoms with Crippen LogP contribution >= 0.6 is 46.2 Å². The average molecular weight is 855 g/mol. The number of carbonyl (C=O) groups excluding carboxylic acids is 4. The smallest absolute Gasteiger partial charge is 0.333 e. The molecule has 2 amide bonds. The van der Waals surface area contributed by atoms with Crippen molar-refractivity contribution < 1.29 is 28.7 Å². The number of nitriles is 4. The number of carbonyl (C=O) groups is 4. The van der Waals surface area contributed by atoms with Gasteiger partial charge in [0.1, 0.15) is 57.6 Å². The van der Waals surface area contributed by atoms with E-state index in [0.29, 0.717) is 20.9 Å². The fraction of sp³-hybridized carbons (Fsp3) is 0.171. The highest BCUT2D eigenvalue weighted by molar-refractivity contribution is 8.20. The molecule has 7 rings (SSSR count). The Balaban J connectivity index is 1.39. The maximum absolute atomic E-state index is 14.8. The van der Waals surface area contributed by atoms with Crippen molar-refractivity contribution in [2.45, 2.75) is 32.5 Å². The number of amides is 2. The number of esters is 2. The van der Waals surface area contributed by atoms with Crippen LogP contribution in [0.15, 0.2) is 104 Å². The van der Waals surface area contributed by atoms with Crippen molar-refractivity contribution in [3.05, 3.63) is 116 Å². The van der Waals surface area contributed by atoms with Crippen molar-refractivity contribution in [1.29, 1.82) is 21.0 Å². The van der Waals surface area contributed by atoms with Crippen molar-refractivity contribution in [3.8, 4) is 34.0 Å². The van der Waals surface area contributed by atoms with Gasteiger partial charge in [0.25, 0.3) is 11.8 Å². The molecule has 0 bridgehead atoms. The van der Waals surface area contributed by atoms with Crippen molar-refractivity contribution in [2.24, 2.45) is 9.98 Å². The van der Waals surface area contributed by atoms with E-state index in [9.17, 15) is 40.2 Å². The highest BCUT2D eigenvalue weighted by atomic mass is 32.2. The van der Waals surface area contributed by atoms with Crippen molar-refractivity contribution >= 4 is 90.0 Å². The molecule has 4 aromatic rings. The first-order valence-corrected chi connectivity index (χ1v) is 20.9. The van der Waals surface area contributed by atoms with Gasteiger partial charge in [-0.3, -0.25) is 29.0 Å². The van der Waals surface area contributed by atoms with Crippen LogP contribution in [0.1, 0.15) is 36.1 Å². The van der Waals surface area contributed by atoms with Crippen LogP contribution in [-0.4, -0.2) is 56.7 Å². The molecule has 2 fully saturated rings. The van der Waals surface area contributed by atoms with Gasteiger partial charge in [0, 0.05) is 24.2 Å². The molecule has 14 nitrogen and oxygen atoms in total. The Morgan fingerprint density at radius 2 is 1.02 bits per heavy atom. The topological polar surface area (TPSA) is 213 Å². The third-order valence-corrected chi connectivity index (χ3v) is 13.5. The summed E-state index contributed by atoms with van der Waals surface area (Å²) in [5, 5.41) is 38.9. The Kier molecular flexibility index (Phi) is 11.6. The predicted molar refractivity (Wildman–Crippen MR) is 222 cm³/mol. The number of thiophene rings is 2. The number of hydrogen-bond acceptors (Lipinski definition) is 16. The Labute approximate surface area is 353 Å². The Bertz CT molecular complexity index is 2520. The lowest BCUT2D eigenvalue weighted by molar-refractivity contribution is -0.164. The van der Waals surface area contributed by atoms with Crippen LogP contribution in [0.3, 0.4) is 0 Å². The SMILES string of the molecule is CCN1C(=O)C(=Nc2cc3c(s2)-c2sc(N=C4SC(=C(C#N)C#N)N(CC)C4=O)cc2C3(C(=O)OCc2ccccc2)C(=O)OCc2ccccc2)SC1=C(C#N)C#N. The van der Waals surface area contributed by atoms with Gasteiger partial charge >= 0.3 is 11.9 Å². The molecular formula is C41H26N8O6S4. The van der Waals surface area contributed by atoms with E-state index < -0.39 is 29.2 Å². The second-order valence-electron chi connectivity index (χ2n) is 12.5. The van der Waals surface area contributed by atoms with Crippen molar-refractivity contribution in [2.75, 3.05) is 13.1 Å². The van der Waals surface area contributed by atoms with Crippen LogP contribution in [0.5, 0.6) is 0 Å². The number of hydrogen-bond donors (Lipinski definition) is 0. The third kappa shape index (κ3) is 7.20. The lowest BCUT2D eigenvalue weighted by atomic mass is 9.79. The molecular weight excluding hydrogens is 829 g/mol. The highest BCUT2D eigenvalue weighted by Crippen LogP contribution is 2.60. The standard InChI is InChI=1S/C41H26N8O6S4/c1-3-48-35(50)33(58-37(48)25(17-42)18-43)46-29-15-27-31(56-29)32-28(16-30(57-32)47-34-36(51)49(4-2)38(59-34)26(19-44)20-45)41(27,39(52)54-21-23-11-7-5-8-12-23)40(53)55-22-24-13-9-6-10-14-24/h5-16H,3-4,21-22H2,1-2H3. The lowest BCUT2D eigenvalue weighted by Crippen LogP contribution is -2.45. The quantitative estimate of drug-likeness (QED) is 0.0871. The minimum Gasteiger partial charge on any atom is -0.459 e. The molecule has 59 heavy (non-hydrogen) atoms. The largest absolute Gasteiger partial charge is 0.459 e. The molecule has 2 saturated heterocycles. The van der Waals surface area contributed by atoms with Crippen LogP contribution in [0.25, 0.3) is 9.75 Å². The van der Waals surface area contributed by atoms with Crippen LogP contribution in [0.4, 0.5) is 10.0 Å². The number of nitrogens with zero attached hydrogens (tertiary/aromatic N) is 8. The van der Waals surface area contributed by atoms with Crippen LogP contribution in [0.2, 0.25) is 0 Å². The Hall–Kier alpha value is -6.80. The van der Waals surface area contributed by atoms with Crippen LogP contribution < -0.4 is 0 Å². The van der Waals surface area contributed by atoms with Gasteiger partial charge in [-0.2, -0.15) is 21.0 Å². The normalized spacial score (nSPS) is 16.3. The molecule has 0 N–H and O–H groups in total. The summed E-state index contributed by atoms with van der Waals surface area (Å²) >= 11 is 3.92. The number of thioether (sulfide) groups is 2. The maximum Gasteiger partial charge on any atom is 0.333 e. The summed E-state index contributed by atoms with van der Waals surface area (Å²) < 4.78 is 11.9. The first-order valence-electron chi connectivity index (χ1n) is 17.6. The molecule has 0 atom stereocenters. The molecule has 0 saturated carbocycles. The van der Waals surface area contributed by atoms with Gasteiger partial charge < -0.3 is 9.47 Å². The summed E-state index contributed by atoms with van der Waals surface area (Å²) in [4.78, 5) is 69.3. The fourth-order valence-electron chi connectivity index (χ4n) is 6.42. The van der Waals surface area contributed by atoms with Gasteiger partial charge in [0.15, 0.2) is 21.2 Å². The highest BCUT2D eigenvalue weighted by Gasteiger charge is 2.60. The molecule has 2 aromatic carbocycles. The van der Waals surface area contributed by atoms with Gasteiger partial charge in [0.05, 0.1) is 9.75 Å². The molecule has 2 aromatic heterocycles. The molecule has 4 heterocycles. The van der Waals surface area contributed by atoms with Crippen molar-refractivity contribution in [3.63, 3.8) is 0 Å². The average Bonchev–Trinajstić information content (AvgIpc) is 4.05. The number of ether oxygens (including phenoxy) is 2. The summed E-state index contributed by atoms with van der Waals surface area (Å²) in [6, 6.07) is 28.2. The molecule has 18 heteroatoms. The molecule has 0 radical (unpaired) electrons. The minimum absolute atomic E-state index is 0.0256. The summed E-state index contributed by atoms with van der Waals surface area (Å²) in [6.07, 6.45) is 0. The van der Waals surface area contributed by atoms with E-state index >= 15 is 0 Å². The number of rotatable bonds is 10. The zero-order valence-corrected chi connectivity index (χ0v) is 34.2. The second kappa shape index (κ2) is 17.0. The van der Waals surface area contributed by atoms with E-state index in [-0.39, 0.29) is 78.7 Å². The minimum atomic E-state index is -2.22. The summed E-state index contributed by atoms with van der Waals surface area (Å²) in [5.41, 5.74) is -0.992. The molecule has 1 aliphatic carbocycles. The van der Waals surface area contributed by atoms with Gasteiger partial charge in [-0.05, 0) is 60.6 Å². The molecule has 2 aliphatic heterocycles. The monoisotopic (exact) mass is 854 g/mol. The molecule has 290 valence electrons. The summed E-state index contributed by atoms with van der Waals surface area (Å²) in [5.74, 6) is -2.95. The van der Waals surface area contributed by atoms with Crippen molar-refractivity contribution in [1.82, 2.24) is 9.80 Å². The number of benzene rings is 2. The Morgan fingerprint density at radius 1 is 0.644 bits per heavy atom. The number of allylic oxidation sites excluding steroid dienone is 2. The molecule has 3 aliphatic rings. The summed E-state index contributed by atoms with van der Waals surface area (Å²) in [7, 11) is 0. The molecule has 0 spiro atoms. The van der Waals surface area contributed by atoms with E-state index in [4.69, 9.17) is 9.47 Å². The second-order valence-corrected chi connectivity index (χ2v) is 16.5. The zero-order chi connectivity index (χ0) is 41.8. The van der Waals surface area contributed by atoms with Gasteiger partial charge in [-0.25, -0.2) is 9.98 Å². The molecule has 0 unspecified atom stereocenters. The van der Waals surface area contributed by atoms with Crippen LogP contribution in [0, 0.1) is 45.3 Å².